The van der Waals surface area contributed by atoms with Gasteiger partial charge in [-0.15, -0.1) is 0 Å². The fraction of sp³-hybridized carbons (Fsp3) is 0.381. The van der Waals surface area contributed by atoms with Gasteiger partial charge in [0.05, 0.1) is 34.3 Å². The molecule has 3 aliphatic rings. The van der Waals surface area contributed by atoms with E-state index in [0.29, 0.717) is 12.0 Å². The van der Waals surface area contributed by atoms with Crippen LogP contribution in [0.5, 0.6) is 5.75 Å². The first-order chi connectivity index (χ1) is 15.6. The Morgan fingerprint density at radius 3 is 2.55 bits per heavy atom. The SMILES string of the molecule is O=C(NC1CC1)c1cnc(C2=NOC(c3cc(Cl)c(F)c(Cl)c3)(C(F)(F)F)C2)c2c1OCC2. The van der Waals surface area contributed by atoms with Crippen LogP contribution >= 0.6 is 23.2 Å². The topological polar surface area (TPSA) is 72.8 Å². The third kappa shape index (κ3) is 3.69. The second kappa shape index (κ2) is 7.73. The van der Waals surface area contributed by atoms with E-state index in [4.69, 9.17) is 32.8 Å². The summed E-state index contributed by atoms with van der Waals surface area (Å²) in [6, 6.07) is 1.76. The van der Waals surface area contributed by atoms with E-state index in [1.165, 1.54) is 6.20 Å². The molecule has 1 saturated carbocycles. The Hall–Kier alpha value is -2.59. The Balaban J connectivity index is 1.52. The highest BCUT2D eigenvalue weighted by Gasteiger charge is 2.63. The number of fused-ring (bicyclic) bond motifs is 1. The molecule has 1 N–H and O–H groups in total. The molecule has 0 radical (unpaired) electrons. The number of nitrogens with zero attached hydrogens (tertiary/aromatic N) is 2. The molecule has 1 unspecified atom stereocenters. The first kappa shape index (κ1) is 22.2. The Labute approximate surface area is 194 Å². The van der Waals surface area contributed by atoms with Crippen molar-refractivity contribution in [1.29, 1.82) is 0 Å². The van der Waals surface area contributed by atoms with Gasteiger partial charge in [0.25, 0.3) is 11.5 Å². The summed E-state index contributed by atoms with van der Waals surface area (Å²) in [7, 11) is 0. The van der Waals surface area contributed by atoms with Crippen molar-refractivity contribution in [2.75, 3.05) is 6.61 Å². The van der Waals surface area contributed by atoms with Crippen molar-refractivity contribution in [2.45, 2.75) is 43.5 Å². The number of aromatic nitrogens is 1. The summed E-state index contributed by atoms with van der Waals surface area (Å²) in [5.41, 5.74) is -2.65. The fourth-order valence-corrected chi connectivity index (χ4v) is 4.40. The number of carbonyl (C=O) groups excluding carboxylic acids is 1. The third-order valence-corrected chi connectivity index (χ3v) is 6.34. The molecule has 2 aliphatic heterocycles. The van der Waals surface area contributed by atoms with Crippen LogP contribution in [0.2, 0.25) is 10.0 Å². The Morgan fingerprint density at radius 1 is 1.21 bits per heavy atom. The third-order valence-electron chi connectivity index (χ3n) is 5.79. The lowest BCUT2D eigenvalue weighted by molar-refractivity contribution is -0.275. The quantitative estimate of drug-likeness (QED) is 0.473. The lowest BCUT2D eigenvalue weighted by Gasteiger charge is -2.29. The standard InChI is InChI=1S/C21H15Cl2F4N3O3/c22-13-5-9(6-14(23)16(13)24)20(21(25,26)27)7-15(30-33-20)17-11-3-4-32-18(11)12(8-28-17)19(31)29-10-1-2-10/h5-6,8,10H,1-4,7H2,(H,29,31). The minimum atomic E-state index is -4.94. The van der Waals surface area contributed by atoms with Crippen molar-refractivity contribution in [1.82, 2.24) is 10.3 Å². The van der Waals surface area contributed by atoms with Gasteiger partial charge in [-0.05, 0) is 25.0 Å². The number of amides is 1. The Bertz CT molecular complexity index is 1180. The molecule has 1 atom stereocenters. The minimum Gasteiger partial charge on any atom is -0.492 e. The average molecular weight is 504 g/mol. The van der Waals surface area contributed by atoms with Crippen LogP contribution in [0.25, 0.3) is 0 Å². The highest BCUT2D eigenvalue weighted by atomic mass is 35.5. The second-order valence-electron chi connectivity index (χ2n) is 8.06. The number of hydrogen-bond donors (Lipinski definition) is 1. The van der Waals surface area contributed by atoms with Crippen LogP contribution in [0.15, 0.2) is 23.5 Å². The number of ether oxygens (including phenoxy) is 1. The first-order valence-electron chi connectivity index (χ1n) is 10.0. The van der Waals surface area contributed by atoms with Crippen LogP contribution < -0.4 is 10.1 Å². The molecule has 2 aromatic rings. The van der Waals surface area contributed by atoms with Gasteiger partial charge in [0.2, 0.25) is 0 Å². The maximum atomic E-state index is 14.2. The number of halogens is 6. The van der Waals surface area contributed by atoms with Gasteiger partial charge >= 0.3 is 6.18 Å². The summed E-state index contributed by atoms with van der Waals surface area (Å²) < 4.78 is 62.2. The first-order valence-corrected chi connectivity index (χ1v) is 10.8. The number of rotatable bonds is 4. The molecule has 1 amide bonds. The van der Waals surface area contributed by atoms with Gasteiger partial charge in [-0.2, -0.15) is 13.2 Å². The number of alkyl halides is 3. The molecule has 174 valence electrons. The van der Waals surface area contributed by atoms with Gasteiger partial charge in [-0.3, -0.25) is 9.78 Å². The van der Waals surface area contributed by atoms with E-state index in [1.807, 2.05) is 0 Å². The number of nitrogens with one attached hydrogen (secondary N) is 1. The van der Waals surface area contributed by atoms with E-state index in [9.17, 15) is 22.4 Å². The van der Waals surface area contributed by atoms with E-state index in [0.717, 1.165) is 25.0 Å². The molecule has 33 heavy (non-hydrogen) atoms. The van der Waals surface area contributed by atoms with Crippen molar-refractivity contribution < 1.29 is 31.9 Å². The summed E-state index contributed by atoms with van der Waals surface area (Å²) in [6.45, 7) is 0.249. The van der Waals surface area contributed by atoms with Gasteiger partial charge in [-0.25, -0.2) is 4.39 Å². The maximum Gasteiger partial charge on any atom is 0.435 e. The van der Waals surface area contributed by atoms with E-state index < -0.39 is 39.6 Å². The minimum absolute atomic E-state index is 0.0835. The number of pyridine rings is 1. The maximum absolute atomic E-state index is 14.2. The molecule has 3 heterocycles. The largest absolute Gasteiger partial charge is 0.492 e. The van der Waals surface area contributed by atoms with Crippen LogP contribution in [-0.4, -0.2) is 35.4 Å². The van der Waals surface area contributed by atoms with Crippen molar-refractivity contribution in [2.24, 2.45) is 5.16 Å². The van der Waals surface area contributed by atoms with Crippen LogP contribution in [0.3, 0.4) is 0 Å². The summed E-state index contributed by atoms with van der Waals surface area (Å²) in [4.78, 5) is 21.7. The summed E-state index contributed by atoms with van der Waals surface area (Å²) in [5, 5.41) is 5.39. The van der Waals surface area contributed by atoms with Gasteiger partial charge < -0.3 is 14.9 Å². The lowest BCUT2D eigenvalue weighted by Crippen LogP contribution is -2.42. The number of hydrogen-bond acceptors (Lipinski definition) is 5. The molecule has 0 bridgehead atoms. The molecular formula is C21H15Cl2F4N3O3. The Kier molecular flexibility index (Phi) is 5.20. The lowest BCUT2D eigenvalue weighted by atomic mass is 9.86. The smallest absolute Gasteiger partial charge is 0.435 e. The highest BCUT2D eigenvalue weighted by molar-refractivity contribution is 6.35. The molecule has 0 saturated heterocycles. The molecule has 0 spiro atoms. The average Bonchev–Trinajstić information content (AvgIpc) is 3.25. The summed E-state index contributed by atoms with van der Waals surface area (Å²) >= 11 is 11.5. The van der Waals surface area contributed by atoms with Crippen molar-refractivity contribution in [3.05, 3.63) is 56.6 Å². The van der Waals surface area contributed by atoms with Gasteiger partial charge in [0.1, 0.15) is 11.5 Å². The van der Waals surface area contributed by atoms with Crippen molar-refractivity contribution in [3.8, 4) is 5.75 Å². The van der Waals surface area contributed by atoms with E-state index in [2.05, 4.69) is 15.5 Å². The molecular weight excluding hydrogens is 489 g/mol. The van der Waals surface area contributed by atoms with Crippen LogP contribution in [0, 0.1) is 5.82 Å². The summed E-state index contributed by atoms with van der Waals surface area (Å²) in [5.74, 6) is -1.10. The number of benzene rings is 1. The van der Waals surface area contributed by atoms with E-state index in [-0.39, 0.29) is 41.3 Å². The molecule has 6 nitrogen and oxygen atoms in total. The molecule has 5 rings (SSSR count). The highest BCUT2D eigenvalue weighted by Crippen LogP contribution is 2.50. The summed E-state index contributed by atoms with van der Waals surface area (Å²) in [6.07, 6.45) is -2.29. The number of oxime groups is 1. The van der Waals surface area contributed by atoms with Gasteiger partial charge in [0.15, 0.2) is 5.82 Å². The van der Waals surface area contributed by atoms with E-state index in [1.54, 1.807) is 0 Å². The van der Waals surface area contributed by atoms with E-state index >= 15 is 0 Å². The molecule has 1 aromatic carbocycles. The second-order valence-corrected chi connectivity index (χ2v) is 8.87. The normalized spacial score (nSPS) is 21.8. The zero-order valence-corrected chi connectivity index (χ0v) is 18.2. The number of carbonyl (C=O) groups is 1. The van der Waals surface area contributed by atoms with Crippen molar-refractivity contribution in [3.63, 3.8) is 0 Å². The predicted octanol–water partition coefficient (Wildman–Crippen LogP) is 4.94. The zero-order chi connectivity index (χ0) is 23.5. The molecule has 1 fully saturated rings. The van der Waals surface area contributed by atoms with Crippen LogP contribution in [0.1, 0.15) is 46.4 Å². The molecule has 1 aliphatic carbocycles. The predicted molar refractivity (Wildman–Crippen MR) is 110 cm³/mol. The molecule has 1 aromatic heterocycles. The zero-order valence-electron chi connectivity index (χ0n) is 16.7. The van der Waals surface area contributed by atoms with Gasteiger partial charge in [-0.1, -0.05) is 28.4 Å². The molecule has 12 heteroatoms. The monoisotopic (exact) mass is 503 g/mol. The van der Waals surface area contributed by atoms with Crippen LogP contribution in [0.4, 0.5) is 17.6 Å². The Morgan fingerprint density at radius 2 is 1.91 bits per heavy atom. The fourth-order valence-electron chi connectivity index (χ4n) is 3.91. The van der Waals surface area contributed by atoms with Crippen molar-refractivity contribution >= 4 is 34.8 Å². The van der Waals surface area contributed by atoms with Crippen LogP contribution in [-0.2, 0) is 16.9 Å². The van der Waals surface area contributed by atoms with Gasteiger partial charge in [0, 0.05) is 29.8 Å².